The third kappa shape index (κ3) is 3.25. The standard InChI is InChI=1S/C15H21NO2/c1-11(17)16-14-7-3-5-12(9-14)13-6-4-8-15(10-13)18-2/h4,6,8,10,12,14H,3,5,7,9H2,1-2H3,(H,16,17)/t12-,14+/m0/s1. The molecular formula is C15H21NO2. The summed E-state index contributed by atoms with van der Waals surface area (Å²) in [4.78, 5) is 11.1. The van der Waals surface area contributed by atoms with E-state index in [1.165, 1.54) is 18.4 Å². The Morgan fingerprint density at radius 3 is 2.94 bits per heavy atom. The molecule has 1 saturated carbocycles. The highest BCUT2D eigenvalue weighted by atomic mass is 16.5. The normalized spacial score (nSPS) is 23.4. The summed E-state index contributed by atoms with van der Waals surface area (Å²) in [5, 5.41) is 3.04. The van der Waals surface area contributed by atoms with Crippen molar-refractivity contribution in [1.29, 1.82) is 0 Å². The summed E-state index contributed by atoms with van der Waals surface area (Å²) in [6.07, 6.45) is 4.50. The highest BCUT2D eigenvalue weighted by molar-refractivity contribution is 5.73. The van der Waals surface area contributed by atoms with Crippen molar-refractivity contribution in [1.82, 2.24) is 5.32 Å². The summed E-state index contributed by atoms with van der Waals surface area (Å²) in [5.74, 6) is 1.52. The summed E-state index contributed by atoms with van der Waals surface area (Å²) in [7, 11) is 1.69. The van der Waals surface area contributed by atoms with E-state index in [1.807, 2.05) is 12.1 Å². The summed E-state index contributed by atoms with van der Waals surface area (Å²) in [6, 6.07) is 8.60. The summed E-state index contributed by atoms with van der Waals surface area (Å²) in [6.45, 7) is 1.59. The van der Waals surface area contributed by atoms with Gasteiger partial charge in [0.1, 0.15) is 5.75 Å². The maximum absolute atomic E-state index is 11.1. The number of hydrogen-bond acceptors (Lipinski definition) is 2. The quantitative estimate of drug-likeness (QED) is 0.892. The van der Waals surface area contributed by atoms with Crippen LogP contribution < -0.4 is 10.1 Å². The summed E-state index contributed by atoms with van der Waals surface area (Å²) < 4.78 is 5.27. The second-order valence-electron chi connectivity index (χ2n) is 5.04. The monoisotopic (exact) mass is 247 g/mol. The third-order valence-corrected chi connectivity index (χ3v) is 3.65. The number of ether oxygens (including phenoxy) is 1. The Morgan fingerprint density at radius 2 is 2.22 bits per heavy atom. The second kappa shape index (κ2) is 5.89. The van der Waals surface area contributed by atoms with Gasteiger partial charge in [-0.3, -0.25) is 4.79 Å². The molecule has 1 aliphatic carbocycles. The van der Waals surface area contributed by atoms with Crippen molar-refractivity contribution < 1.29 is 9.53 Å². The van der Waals surface area contributed by atoms with E-state index in [-0.39, 0.29) is 5.91 Å². The van der Waals surface area contributed by atoms with E-state index in [0.717, 1.165) is 18.6 Å². The highest BCUT2D eigenvalue weighted by Crippen LogP contribution is 2.34. The van der Waals surface area contributed by atoms with Gasteiger partial charge in [0.15, 0.2) is 0 Å². The molecule has 1 aliphatic rings. The van der Waals surface area contributed by atoms with Gasteiger partial charge in [-0.1, -0.05) is 18.6 Å². The molecule has 0 unspecified atom stereocenters. The molecule has 3 heteroatoms. The molecule has 0 saturated heterocycles. The summed E-state index contributed by atoms with van der Waals surface area (Å²) in [5.41, 5.74) is 1.32. The van der Waals surface area contributed by atoms with Crippen molar-refractivity contribution in [3.05, 3.63) is 29.8 Å². The number of nitrogens with one attached hydrogen (secondary N) is 1. The van der Waals surface area contributed by atoms with Gasteiger partial charge in [-0.05, 0) is 42.9 Å². The predicted molar refractivity (Wildman–Crippen MR) is 71.8 cm³/mol. The predicted octanol–water partition coefficient (Wildman–Crippen LogP) is 2.86. The molecule has 0 radical (unpaired) electrons. The van der Waals surface area contributed by atoms with Crippen LogP contribution in [-0.2, 0) is 4.79 Å². The number of methoxy groups -OCH3 is 1. The first-order valence-corrected chi connectivity index (χ1v) is 6.60. The first-order chi connectivity index (χ1) is 8.69. The summed E-state index contributed by atoms with van der Waals surface area (Å²) >= 11 is 0. The highest BCUT2D eigenvalue weighted by Gasteiger charge is 2.23. The zero-order valence-electron chi connectivity index (χ0n) is 11.1. The molecule has 1 N–H and O–H groups in total. The van der Waals surface area contributed by atoms with E-state index in [9.17, 15) is 4.79 Å². The lowest BCUT2D eigenvalue weighted by Crippen LogP contribution is -2.36. The Hall–Kier alpha value is -1.51. The zero-order chi connectivity index (χ0) is 13.0. The number of benzene rings is 1. The van der Waals surface area contributed by atoms with E-state index in [0.29, 0.717) is 12.0 Å². The fourth-order valence-electron chi connectivity index (χ4n) is 2.81. The van der Waals surface area contributed by atoms with Crippen LogP contribution >= 0.6 is 0 Å². The third-order valence-electron chi connectivity index (χ3n) is 3.65. The van der Waals surface area contributed by atoms with E-state index < -0.39 is 0 Å². The molecule has 2 rings (SSSR count). The lowest BCUT2D eigenvalue weighted by atomic mass is 9.81. The Morgan fingerprint density at radius 1 is 1.39 bits per heavy atom. The minimum absolute atomic E-state index is 0.0753. The molecule has 1 amide bonds. The molecule has 1 fully saturated rings. The van der Waals surface area contributed by atoms with Crippen LogP contribution in [0.2, 0.25) is 0 Å². The minimum Gasteiger partial charge on any atom is -0.497 e. The molecule has 0 aromatic heterocycles. The number of carbonyl (C=O) groups is 1. The van der Waals surface area contributed by atoms with Gasteiger partial charge in [0.05, 0.1) is 7.11 Å². The van der Waals surface area contributed by atoms with Gasteiger partial charge >= 0.3 is 0 Å². The van der Waals surface area contributed by atoms with Gasteiger partial charge < -0.3 is 10.1 Å². The van der Waals surface area contributed by atoms with Gasteiger partial charge in [0.2, 0.25) is 5.91 Å². The Bertz CT molecular complexity index is 417. The van der Waals surface area contributed by atoms with Crippen LogP contribution in [0.1, 0.15) is 44.1 Å². The minimum atomic E-state index is 0.0753. The van der Waals surface area contributed by atoms with Crippen LogP contribution in [0.5, 0.6) is 5.75 Å². The molecule has 3 nitrogen and oxygen atoms in total. The first-order valence-electron chi connectivity index (χ1n) is 6.60. The van der Waals surface area contributed by atoms with Crippen molar-refractivity contribution >= 4 is 5.91 Å². The lowest BCUT2D eigenvalue weighted by molar-refractivity contribution is -0.119. The number of hydrogen-bond donors (Lipinski definition) is 1. The van der Waals surface area contributed by atoms with E-state index in [1.54, 1.807) is 14.0 Å². The van der Waals surface area contributed by atoms with Gasteiger partial charge in [-0.15, -0.1) is 0 Å². The first kappa shape index (κ1) is 12.9. The maximum atomic E-state index is 11.1. The number of amides is 1. The Labute approximate surface area is 109 Å². The van der Waals surface area contributed by atoms with Gasteiger partial charge in [-0.2, -0.15) is 0 Å². The molecule has 2 atom stereocenters. The lowest BCUT2D eigenvalue weighted by Gasteiger charge is -2.30. The molecule has 0 bridgehead atoms. The molecule has 1 aromatic carbocycles. The van der Waals surface area contributed by atoms with E-state index in [4.69, 9.17) is 4.74 Å². The fraction of sp³-hybridized carbons (Fsp3) is 0.533. The van der Waals surface area contributed by atoms with E-state index >= 15 is 0 Å². The van der Waals surface area contributed by atoms with Crippen LogP contribution in [0, 0.1) is 0 Å². The molecule has 1 aromatic rings. The van der Waals surface area contributed by atoms with Crippen molar-refractivity contribution in [3.8, 4) is 5.75 Å². The van der Waals surface area contributed by atoms with Gasteiger partial charge in [-0.25, -0.2) is 0 Å². The van der Waals surface area contributed by atoms with Gasteiger partial charge in [0.25, 0.3) is 0 Å². The smallest absolute Gasteiger partial charge is 0.217 e. The van der Waals surface area contributed by atoms with E-state index in [2.05, 4.69) is 17.4 Å². The molecule has 98 valence electrons. The van der Waals surface area contributed by atoms with Crippen molar-refractivity contribution in [2.24, 2.45) is 0 Å². The maximum Gasteiger partial charge on any atom is 0.217 e. The molecule has 0 spiro atoms. The molecule has 18 heavy (non-hydrogen) atoms. The van der Waals surface area contributed by atoms with Crippen molar-refractivity contribution in [2.45, 2.75) is 44.6 Å². The van der Waals surface area contributed by atoms with Crippen LogP contribution in [0.3, 0.4) is 0 Å². The molecule has 0 heterocycles. The largest absolute Gasteiger partial charge is 0.497 e. The van der Waals surface area contributed by atoms with Gasteiger partial charge in [0, 0.05) is 13.0 Å². The van der Waals surface area contributed by atoms with Crippen LogP contribution in [0.15, 0.2) is 24.3 Å². The van der Waals surface area contributed by atoms with Crippen molar-refractivity contribution in [3.63, 3.8) is 0 Å². The topological polar surface area (TPSA) is 38.3 Å². The Kier molecular flexibility index (Phi) is 4.24. The second-order valence-corrected chi connectivity index (χ2v) is 5.04. The molecule has 0 aliphatic heterocycles. The van der Waals surface area contributed by atoms with Crippen LogP contribution in [0.4, 0.5) is 0 Å². The van der Waals surface area contributed by atoms with Crippen molar-refractivity contribution in [2.75, 3.05) is 7.11 Å². The zero-order valence-corrected chi connectivity index (χ0v) is 11.1. The van der Waals surface area contributed by atoms with Crippen LogP contribution in [0.25, 0.3) is 0 Å². The van der Waals surface area contributed by atoms with Crippen LogP contribution in [-0.4, -0.2) is 19.1 Å². The number of carbonyl (C=O) groups excluding carboxylic acids is 1. The fourth-order valence-corrected chi connectivity index (χ4v) is 2.81. The Balaban J connectivity index is 2.05. The molecular weight excluding hydrogens is 226 g/mol. The number of rotatable bonds is 3. The average molecular weight is 247 g/mol. The SMILES string of the molecule is COc1cccc([C@H]2CCC[C@@H](NC(C)=O)C2)c1. The average Bonchev–Trinajstić information content (AvgIpc) is 2.38.